The summed E-state index contributed by atoms with van der Waals surface area (Å²) < 4.78 is 21.3. The number of aliphatic hydroxyl groups excluding tert-OH is 1. The molecule has 11 nitrogen and oxygen atoms in total. The van der Waals surface area contributed by atoms with Crippen LogP contribution >= 0.6 is 0 Å². The van der Waals surface area contributed by atoms with Crippen LogP contribution in [0.5, 0.6) is 17.2 Å². The van der Waals surface area contributed by atoms with Crippen LogP contribution in [0.3, 0.4) is 0 Å². The summed E-state index contributed by atoms with van der Waals surface area (Å²) in [6.45, 7) is 7.26. The van der Waals surface area contributed by atoms with E-state index in [1.807, 2.05) is 138 Å². The number of methoxy groups -OCH3 is 1. The van der Waals surface area contributed by atoms with Crippen LogP contribution in [0.2, 0.25) is 18.6 Å². The van der Waals surface area contributed by atoms with Crippen LogP contribution in [0, 0.1) is 5.92 Å². The summed E-state index contributed by atoms with van der Waals surface area (Å²) in [5, 5.41) is 20.7. The second-order valence-electron chi connectivity index (χ2n) is 17.4. The molecule has 1 N–H and O–H groups in total. The summed E-state index contributed by atoms with van der Waals surface area (Å²) in [5.41, 5.74) is 3.92. The molecule has 7 aromatic rings. The molecule has 3 aliphatic heterocycles. The third kappa shape index (κ3) is 6.71. The number of amides is 2. The van der Waals surface area contributed by atoms with Gasteiger partial charge < -0.3 is 19.3 Å². The van der Waals surface area contributed by atoms with Crippen molar-refractivity contribution in [3.8, 4) is 17.2 Å². The van der Waals surface area contributed by atoms with Crippen molar-refractivity contribution in [1.29, 1.82) is 0 Å². The van der Waals surface area contributed by atoms with Gasteiger partial charge in [0.25, 0.3) is 11.8 Å². The first-order valence-corrected chi connectivity index (χ1v) is 24.8. The molecule has 4 heterocycles. The van der Waals surface area contributed by atoms with E-state index in [0.29, 0.717) is 58.3 Å². The molecule has 12 heteroatoms. The third-order valence-corrected chi connectivity index (χ3v) is 17.9. The number of hydrogen-bond acceptors (Lipinski definition) is 8. The number of hydrogen-bond donors (Lipinski definition) is 1. The van der Waals surface area contributed by atoms with Gasteiger partial charge in [-0.2, -0.15) is 0 Å². The van der Waals surface area contributed by atoms with Gasteiger partial charge in [0.1, 0.15) is 11.5 Å². The van der Waals surface area contributed by atoms with Crippen LogP contribution in [0.1, 0.15) is 46.4 Å². The fraction of sp³-hybridized carbons (Fsp3) is 0.231. The average Bonchev–Trinajstić information content (AvgIpc) is 3.96. The van der Waals surface area contributed by atoms with Gasteiger partial charge in [-0.15, -0.1) is 5.10 Å². The summed E-state index contributed by atoms with van der Waals surface area (Å²) in [4.78, 5) is 34.0. The summed E-state index contributed by atoms with van der Waals surface area (Å²) >= 11 is 0. The highest BCUT2D eigenvalue weighted by Gasteiger charge is 2.66. The number of fused-ring (bicyclic) bond motifs is 4. The quantitative estimate of drug-likeness (QED) is 0.128. The van der Waals surface area contributed by atoms with Gasteiger partial charge in [0.15, 0.2) is 11.4 Å². The van der Waals surface area contributed by atoms with Crippen molar-refractivity contribution >= 4 is 47.8 Å². The molecule has 6 aromatic carbocycles. The highest BCUT2D eigenvalue weighted by atomic mass is 28.3. The molecule has 1 aromatic heterocycles. The van der Waals surface area contributed by atoms with E-state index in [4.69, 9.17) is 14.2 Å². The number of rotatable bonds is 11. The number of aromatic nitrogens is 3. The van der Waals surface area contributed by atoms with E-state index in [1.54, 1.807) is 29.0 Å². The number of para-hydroxylation sites is 4. The maximum absolute atomic E-state index is 15.8. The fourth-order valence-corrected chi connectivity index (χ4v) is 14.5. The van der Waals surface area contributed by atoms with Gasteiger partial charge in [0, 0.05) is 35.6 Å². The van der Waals surface area contributed by atoms with Gasteiger partial charge in [0.2, 0.25) is 0 Å². The molecule has 3 aliphatic rings. The molecule has 322 valence electrons. The van der Waals surface area contributed by atoms with E-state index in [2.05, 4.69) is 42.5 Å². The Morgan fingerprint density at radius 1 is 0.781 bits per heavy atom. The number of benzene rings is 6. The van der Waals surface area contributed by atoms with Crippen molar-refractivity contribution in [3.05, 3.63) is 180 Å². The van der Waals surface area contributed by atoms with E-state index in [9.17, 15) is 9.90 Å². The first-order valence-electron chi connectivity index (χ1n) is 21.8. The highest BCUT2D eigenvalue weighted by Crippen LogP contribution is 2.62. The molecule has 0 radical (unpaired) electrons. The van der Waals surface area contributed by atoms with Gasteiger partial charge in [0.05, 0.1) is 56.4 Å². The summed E-state index contributed by atoms with van der Waals surface area (Å²) in [6.07, 6.45) is 2.06. The molecule has 1 unspecified atom stereocenters. The average molecular weight is 868 g/mol. The maximum Gasteiger partial charge on any atom is 0.268 e. The maximum atomic E-state index is 15.8. The number of aryl methyl sites for hydroxylation is 1. The number of ether oxygens (including phenoxy) is 3. The van der Waals surface area contributed by atoms with E-state index in [-0.39, 0.29) is 41.9 Å². The Morgan fingerprint density at radius 3 is 2.20 bits per heavy atom. The zero-order chi connectivity index (χ0) is 44.2. The lowest BCUT2D eigenvalue weighted by atomic mass is 9.82. The Hall–Kier alpha value is -6.86. The van der Waals surface area contributed by atoms with Crippen LogP contribution in [0.25, 0.3) is 0 Å². The molecule has 1 fully saturated rings. The lowest BCUT2D eigenvalue weighted by Crippen LogP contribution is -2.51. The SMILES string of the molecule is COc1ccc([Si](C)(C)[C@@H]2[C@@H](CCn3cc(C(CO)c4ccccc4)nn3)O[C@]3(C(=O)N(c4ccccc4)c4ccc(N5C(=O)c6ccccc6Oc6ccccc65)cc43)[C@H]2C)cc1. The number of aliphatic hydroxyl groups is 1. The number of carbonyl (C=O) groups is 2. The minimum atomic E-state index is -2.52. The van der Waals surface area contributed by atoms with E-state index in [1.165, 1.54) is 5.19 Å². The normalized spacial score (nSPS) is 20.7. The largest absolute Gasteiger partial charge is 0.497 e. The zero-order valence-electron chi connectivity index (χ0n) is 36.2. The van der Waals surface area contributed by atoms with Crippen LogP contribution in [0.15, 0.2) is 158 Å². The second kappa shape index (κ2) is 16.4. The lowest BCUT2D eigenvalue weighted by Gasteiger charge is -2.37. The molecule has 10 rings (SSSR count). The number of anilines is 4. The minimum absolute atomic E-state index is 0.0598. The van der Waals surface area contributed by atoms with Crippen molar-refractivity contribution in [1.82, 2.24) is 15.0 Å². The van der Waals surface area contributed by atoms with Crippen molar-refractivity contribution in [2.24, 2.45) is 5.92 Å². The van der Waals surface area contributed by atoms with Crippen molar-refractivity contribution in [3.63, 3.8) is 0 Å². The Labute approximate surface area is 373 Å². The smallest absolute Gasteiger partial charge is 0.268 e. The zero-order valence-corrected chi connectivity index (χ0v) is 37.2. The molecule has 1 saturated heterocycles. The van der Waals surface area contributed by atoms with E-state index < -0.39 is 13.7 Å². The molecule has 64 heavy (non-hydrogen) atoms. The first-order chi connectivity index (χ1) is 31.1. The van der Waals surface area contributed by atoms with Crippen molar-refractivity contribution in [2.75, 3.05) is 23.5 Å². The molecule has 0 saturated carbocycles. The number of carbonyl (C=O) groups excluding carboxylic acids is 2. The van der Waals surface area contributed by atoms with Crippen LogP contribution in [-0.2, 0) is 21.7 Å². The van der Waals surface area contributed by atoms with Gasteiger partial charge in [-0.3, -0.25) is 24.1 Å². The Balaban J connectivity index is 1.10. The predicted octanol–water partition coefficient (Wildman–Crippen LogP) is 9.48. The number of nitrogens with zero attached hydrogens (tertiary/aromatic N) is 5. The molecule has 1 spiro atoms. The Bertz CT molecular complexity index is 2850. The van der Waals surface area contributed by atoms with Crippen molar-refractivity contribution in [2.45, 2.75) is 56.1 Å². The Kier molecular flexibility index (Phi) is 10.5. The summed E-state index contributed by atoms with van der Waals surface area (Å²) in [6, 6.07) is 48.5. The predicted molar refractivity (Wildman–Crippen MR) is 249 cm³/mol. The van der Waals surface area contributed by atoms with Gasteiger partial charge in [-0.1, -0.05) is 115 Å². The fourth-order valence-electron chi connectivity index (χ4n) is 10.4. The monoisotopic (exact) mass is 867 g/mol. The second-order valence-corrected chi connectivity index (χ2v) is 22.1. The van der Waals surface area contributed by atoms with Crippen LogP contribution < -0.4 is 24.5 Å². The van der Waals surface area contributed by atoms with E-state index >= 15 is 4.79 Å². The summed E-state index contributed by atoms with van der Waals surface area (Å²) in [7, 11) is -0.847. The standard InChI is InChI=1S/C52H49N5O6Si/c1-34-49(64(3,4)39-26-24-38(61-2)25-27-39)48(29-30-55-32-43(53-54-55)41(33-58)35-15-7-5-8-16-35)63-52(34)42-31-37(23-28-44(42)57(51(52)60)36-17-9-6-10-18-36)56-45-20-12-14-22-47(45)62-46-21-13-11-19-40(46)50(56)59/h5-28,31-32,34,41,48-49,58H,29-30,33H2,1-4H3/t34-,41?,48+,49-,52+/m0/s1. The molecular weight excluding hydrogens is 819 g/mol. The molecule has 2 amide bonds. The minimum Gasteiger partial charge on any atom is -0.497 e. The van der Waals surface area contributed by atoms with Crippen LogP contribution in [0.4, 0.5) is 22.7 Å². The van der Waals surface area contributed by atoms with E-state index in [0.717, 1.165) is 17.0 Å². The molecule has 0 bridgehead atoms. The van der Waals surface area contributed by atoms with Gasteiger partial charge in [-0.05, 0) is 84.3 Å². The Morgan fingerprint density at radius 2 is 1.47 bits per heavy atom. The van der Waals surface area contributed by atoms with Crippen LogP contribution in [-0.4, -0.2) is 59.8 Å². The van der Waals surface area contributed by atoms with Gasteiger partial charge in [-0.25, -0.2) is 0 Å². The first kappa shape index (κ1) is 41.2. The third-order valence-electron chi connectivity index (χ3n) is 13.6. The summed E-state index contributed by atoms with van der Waals surface area (Å²) in [5.74, 6) is 0.755. The highest BCUT2D eigenvalue weighted by molar-refractivity contribution is 6.91. The van der Waals surface area contributed by atoms with Gasteiger partial charge >= 0.3 is 0 Å². The molecule has 0 aliphatic carbocycles. The van der Waals surface area contributed by atoms with Crippen molar-refractivity contribution < 1.29 is 28.9 Å². The lowest BCUT2D eigenvalue weighted by molar-refractivity contribution is -0.145. The molecule has 5 atom stereocenters. The molecular formula is C52H49N5O6Si. The topological polar surface area (TPSA) is 119 Å².